The number of aromatic amines is 1. The van der Waals surface area contributed by atoms with Gasteiger partial charge in [-0.15, -0.1) is 0 Å². The molecule has 138 valence electrons. The summed E-state index contributed by atoms with van der Waals surface area (Å²) in [6, 6.07) is 5.96. The fourth-order valence-electron chi connectivity index (χ4n) is 3.84. The molecule has 0 spiro atoms. The van der Waals surface area contributed by atoms with Gasteiger partial charge >= 0.3 is 0 Å². The summed E-state index contributed by atoms with van der Waals surface area (Å²) in [6.45, 7) is 7.88. The number of fused-ring (bicyclic) bond motifs is 1. The third kappa shape index (κ3) is 3.64. The van der Waals surface area contributed by atoms with Crippen LogP contribution in [0.2, 0.25) is 0 Å². The van der Waals surface area contributed by atoms with Gasteiger partial charge in [0.05, 0.1) is 23.6 Å². The molecule has 0 radical (unpaired) electrons. The lowest BCUT2D eigenvalue weighted by Gasteiger charge is -2.36. The van der Waals surface area contributed by atoms with Gasteiger partial charge in [0.1, 0.15) is 0 Å². The second-order valence-corrected chi connectivity index (χ2v) is 7.26. The number of pyridine rings is 1. The number of morpholine rings is 1. The Hall–Kier alpha value is -2.25. The zero-order valence-electron chi connectivity index (χ0n) is 15.3. The molecule has 1 fully saturated rings. The van der Waals surface area contributed by atoms with E-state index < -0.39 is 0 Å². The normalized spacial score (nSPS) is 23.7. The van der Waals surface area contributed by atoms with Crippen molar-refractivity contribution in [2.45, 2.75) is 45.6 Å². The van der Waals surface area contributed by atoms with E-state index in [9.17, 15) is 4.79 Å². The van der Waals surface area contributed by atoms with Crippen molar-refractivity contribution < 1.29 is 4.74 Å². The SMILES string of the molecule is C[C@@H]1CN(c2nc3c(c(=O)[nH]2)CCN(Cc2ccccn2)C3)C[C@H](C)O1. The lowest BCUT2D eigenvalue weighted by Crippen LogP contribution is -2.47. The van der Waals surface area contributed by atoms with Crippen molar-refractivity contribution in [2.24, 2.45) is 0 Å². The first-order valence-electron chi connectivity index (χ1n) is 9.23. The van der Waals surface area contributed by atoms with Crippen molar-refractivity contribution >= 4 is 5.95 Å². The molecule has 4 heterocycles. The van der Waals surface area contributed by atoms with E-state index >= 15 is 0 Å². The van der Waals surface area contributed by atoms with E-state index in [1.165, 1.54) is 0 Å². The Morgan fingerprint density at radius 3 is 2.81 bits per heavy atom. The first kappa shape index (κ1) is 17.2. The molecular weight excluding hydrogens is 330 g/mol. The van der Waals surface area contributed by atoms with Gasteiger partial charge in [0.2, 0.25) is 5.95 Å². The average Bonchev–Trinajstić information content (AvgIpc) is 2.61. The Morgan fingerprint density at radius 1 is 1.27 bits per heavy atom. The van der Waals surface area contributed by atoms with Gasteiger partial charge in [-0.25, -0.2) is 4.98 Å². The summed E-state index contributed by atoms with van der Waals surface area (Å²) in [5, 5.41) is 0. The molecule has 0 bridgehead atoms. The highest BCUT2D eigenvalue weighted by Crippen LogP contribution is 2.20. The predicted molar refractivity (Wildman–Crippen MR) is 99.1 cm³/mol. The number of nitrogens with zero attached hydrogens (tertiary/aromatic N) is 4. The van der Waals surface area contributed by atoms with Crippen LogP contribution in [0, 0.1) is 0 Å². The highest BCUT2D eigenvalue weighted by molar-refractivity contribution is 5.35. The van der Waals surface area contributed by atoms with Gasteiger partial charge in [0.15, 0.2) is 0 Å². The molecule has 2 atom stereocenters. The number of rotatable bonds is 3. The van der Waals surface area contributed by atoms with E-state index in [1.807, 2.05) is 38.2 Å². The topological polar surface area (TPSA) is 74.4 Å². The third-order valence-corrected chi connectivity index (χ3v) is 4.97. The first-order chi connectivity index (χ1) is 12.6. The molecule has 0 unspecified atom stereocenters. The van der Waals surface area contributed by atoms with Crippen LogP contribution < -0.4 is 10.5 Å². The Bertz CT molecular complexity index is 812. The van der Waals surface area contributed by atoms with E-state index in [-0.39, 0.29) is 17.8 Å². The molecular formula is C19H25N5O2. The molecule has 4 rings (SSSR count). The van der Waals surface area contributed by atoms with Gasteiger partial charge in [-0.3, -0.25) is 19.7 Å². The first-order valence-corrected chi connectivity index (χ1v) is 9.23. The van der Waals surface area contributed by atoms with Crippen LogP contribution in [0.15, 0.2) is 29.2 Å². The lowest BCUT2D eigenvalue weighted by molar-refractivity contribution is -0.00576. The second-order valence-electron chi connectivity index (χ2n) is 7.26. The lowest BCUT2D eigenvalue weighted by atomic mass is 10.1. The van der Waals surface area contributed by atoms with Crippen LogP contribution in [0.1, 0.15) is 30.8 Å². The number of aromatic nitrogens is 3. The van der Waals surface area contributed by atoms with Crippen LogP contribution in [0.5, 0.6) is 0 Å². The predicted octanol–water partition coefficient (Wildman–Crippen LogP) is 1.34. The van der Waals surface area contributed by atoms with Crippen LogP contribution in [-0.4, -0.2) is 51.7 Å². The summed E-state index contributed by atoms with van der Waals surface area (Å²) < 4.78 is 5.79. The molecule has 7 nitrogen and oxygen atoms in total. The van der Waals surface area contributed by atoms with Gasteiger partial charge in [-0.2, -0.15) is 0 Å². The monoisotopic (exact) mass is 355 g/mol. The maximum atomic E-state index is 12.6. The van der Waals surface area contributed by atoms with E-state index in [1.54, 1.807) is 0 Å². The van der Waals surface area contributed by atoms with Crippen molar-refractivity contribution in [1.29, 1.82) is 0 Å². The minimum absolute atomic E-state index is 0.00529. The van der Waals surface area contributed by atoms with Crippen LogP contribution in [-0.2, 0) is 24.2 Å². The number of anilines is 1. The van der Waals surface area contributed by atoms with Crippen molar-refractivity contribution in [3.63, 3.8) is 0 Å². The average molecular weight is 355 g/mol. The molecule has 26 heavy (non-hydrogen) atoms. The smallest absolute Gasteiger partial charge is 0.255 e. The van der Waals surface area contributed by atoms with Crippen molar-refractivity contribution in [2.75, 3.05) is 24.5 Å². The fourth-order valence-corrected chi connectivity index (χ4v) is 3.84. The highest BCUT2D eigenvalue weighted by Gasteiger charge is 2.27. The van der Waals surface area contributed by atoms with E-state index in [4.69, 9.17) is 9.72 Å². The van der Waals surface area contributed by atoms with Crippen molar-refractivity contribution in [1.82, 2.24) is 19.9 Å². The Morgan fingerprint density at radius 2 is 2.08 bits per heavy atom. The zero-order chi connectivity index (χ0) is 18.1. The number of H-pyrrole nitrogens is 1. The van der Waals surface area contributed by atoms with E-state index in [2.05, 4.69) is 19.8 Å². The third-order valence-electron chi connectivity index (χ3n) is 4.97. The summed E-state index contributed by atoms with van der Waals surface area (Å²) >= 11 is 0. The van der Waals surface area contributed by atoms with Gasteiger partial charge in [0.25, 0.3) is 5.56 Å². The van der Waals surface area contributed by atoms with E-state index in [0.717, 1.165) is 49.6 Å². The quantitative estimate of drug-likeness (QED) is 0.896. The summed E-state index contributed by atoms with van der Waals surface area (Å²) in [5.74, 6) is 0.662. The zero-order valence-corrected chi connectivity index (χ0v) is 15.3. The Kier molecular flexibility index (Phi) is 4.74. The standard InChI is InChI=1S/C19H25N5O2/c1-13-9-24(10-14(2)26-13)19-21-17-12-23(8-6-16(17)18(25)22-19)11-15-5-3-4-7-20-15/h3-5,7,13-14H,6,8-12H2,1-2H3,(H,21,22,25)/t13-,14+. The van der Waals surface area contributed by atoms with Crippen LogP contribution in [0.3, 0.4) is 0 Å². The van der Waals surface area contributed by atoms with Crippen molar-refractivity contribution in [3.8, 4) is 0 Å². The van der Waals surface area contributed by atoms with Crippen LogP contribution >= 0.6 is 0 Å². The number of hydrogen-bond acceptors (Lipinski definition) is 6. The molecule has 0 amide bonds. The fraction of sp³-hybridized carbons (Fsp3) is 0.526. The van der Waals surface area contributed by atoms with Crippen LogP contribution in [0.4, 0.5) is 5.95 Å². The molecule has 2 aromatic heterocycles. The van der Waals surface area contributed by atoms with Gasteiger partial charge < -0.3 is 9.64 Å². The number of hydrogen-bond donors (Lipinski definition) is 1. The summed E-state index contributed by atoms with van der Waals surface area (Å²) in [7, 11) is 0. The minimum atomic E-state index is -0.00529. The van der Waals surface area contributed by atoms with Gasteiger partial charge in [0, 0.05) is 44.5 Å². The molecule has 0 aromatic carbocycles. The Labute approximate surface area is 153 Å². The number of ether oxygens (including phenoxy) is 1. The second kappa shape index (κ2) is 7.17. The van der Waals surface area contributed by atoms with E-state index in [0.29, 0.717) is 12.5 Å². The summed E-state index contributed by atoms with van der Waals surface area (Å²) in [5.41, 5.74) is 2.74. The molecule has 1 saturated heterocycles. The molecule has 1 N–H and O–H groups in total. The molecule has 7 heteroatoms. The molecule has 0 aliphatic carbocycles. The largest absolute Gasteiger partial charge is 0.372 e. The van der Waals surface area contributed by atoms with Crippen LogP contribution in [0.25, 0.3) is 0 Å². The maximum Gasteiger partial charge on any atom is 0.255 e. The summed E-state index contributed by atoms with van der Waals surface area (Å²) in [6.07, 6.45) is 2.79. The van der Waals surface area contributed by atoms with Gasteiger partial charge in [-0.1, -0.05) is 6.07 Å². The molecule has 0 saturated carbocycles. The van der Waals surface area contributed by atoms with Gasteiger partial charge in [-0.05, 0) is 32.4 Å². The van der Waals surface area contributed by atoms with Crippen molar-refractivity contribution in [3.05, 3.63) is 51.7 Å². The Balaban J connectivity index is 1.55. The maximum absolute atomic E-state index is 12.6. The number of nitrogens with one attached hydrogen (secondary N) is 1. The molecule has 2 aliphatic rings. The minimum Gasteiger partial charge on any atom is -0.372 e. The molecule has 2 aliphatic heterocycles. The highest BCUT2D eigenvalue weighted by atomic mass is 16.5. The summed E-state index contributed by atoms with van der Waals surface area (Å²) in [4.78, 5) is 29.2. The molecule has 2 aromatic rings.